The molecule has 0 aliphatic heterocycles. The Bertz CT molecular complexity index is 894. The van der Waals surface area contributed by atoms with Gasteiger partial charge in [-0.05, 0) is 56.8 Å². The number of thioether (sulfide) groups is 1. The lowest BCUT2D eigenvalue weighted by atomic mass is 10.2. The van der Waals surface area contributed by atoms with Gasteiger partial charge in [-0.3, -0.25) is 0 Å². The van der Waals surface area contributed by atoms with Crippen LogP contribution in [-0.2, 0) is 8.92 Å². The number of halogens is 1. The molecule has 35 heavy (non-hydrogen) atoms. The number of rotatable bonds is 12. The molecule has 0 aromatic carbocycles. The minimum Gasteiger partial charge on any atom is -0.376 e. The van der Waals surface area contributed by atoms with E-state index in [0.29, 0.717) is 29.0 Å². The summed E-state index contributed by atoms with van der Waals surface area (Å²) in [4.78, 5) is 9.03. The molecule has 3 rings (SSSR count). The molecule has 2 N–H and O–H groups in total. The van der Waals surface area contributed by atoms with Crippen LogP contribution < -0.4 is 0 Å². The van der Waals surface area contributed by atoms with E-state index in [1.807, 2.05) is 4.68 Å². The highest BCUT2D eigenvalue weighted by atomic mass is 35.5. The minimum absolute atomic E-state index is 0.221. The third kappa shape index (κ3) is 9.60. The quantitative estimate of drug-likeness (QED) is 0.124. The number of fused-ring (bicyclic) bond motifs is 1. The van der Waals surface area contributed by atoms with Crippen LogP contribution in [0.15, 0.2) is 5.16 Å². The van der Waals surface area contributed by atoms with Gasteiger partial charge in [0.2, 0.25) is 0 Å². The van der Waals surface area contributed by atoms with Crippen molar-refractivity contribution < 1.29 is 19.1 Å². The molecule has 1 saturated carbocycles. The Labute approximate surface area is 220 Å². The van der Waals surface area contributed by atoms with Crippen molar-refractivity contribution >= 4 is 44.8 Å². The number of aliphatic hydroxyl groups is 2. The second-order valence-corrected chi connectivity index (χ2v) is 14.3. The Balaban J connectivity index is 0.000000784. The van der Waals surface area contributed by atoms with Crippen molar-refractivity contribution in [3.63, 3.8) is 0 Å². The highest BCUT2D eigenvalue weighted by Gasteiger charge is 2.30. The van der Waals surface area contributed by atoms with Crippen LogP contribution in [0.5, 0.6) is 0 Å². The van der Waals surface area contributed by atoms with E-state index in [9.17, 15) is 0 Å². The maximum atomic E-state index is 8.08. The van der Waals surface area contributed by atoms with Crippen molar-refractivity contribution in [2.45, 2.75) is 90.3 Å². The second kappa shape index (κ2) is 14.3. The third-order valence-electron chi connectivity index (χ3n) is 5.75. The Morgan fingerprint density at radius 1 is 1.09 bits per heavy atom. The topological polar surface area (TPSA) is 115 Å². The fourth-order valence-electron chi connectivity index (χ4n) is 3.86. The van der Waals surface area contributed by atoms with E-state index < -0.39 is 16.1 Å². The molecule has 0 bridgehead atoms. The summed E-state index contributed by atoms with van der Waals surface area (Å²) in [6, 6.07) is 0.225. The molecule has 1 aliphatic rings. The highest BCUT2D eigenvalue weighted by Crippen LogP contribution is 2.47. The van der Waals surface area contributed by atoms with Crippen LogP contribution in [-0.4, -0.2) is 83.3 Å². The molecule has 2 aromatic heterocycles. The predicted octanol–water partition coefficient (Wildman–Crippen LogP) is 4.99. The van der Waals surface area contributed by atoms with E-state index >= 15 is 0 Å². The summed E-state index contributed by atoms with van der Waals surface area (Å²) in [6.07, 6.45) is 4.19. The fraction of sp³-hybridized carbons (Fsp3) is 0.826. The summed E-state index contributed by atoms with van der Waals surface area (Å²) in [5, 5.41) is 25.8. The van der Waals surface area contributed by atoms with Crippen LogP contribution in [0, 0.1) is 0 Å². The van der Waals surface area contributed by atoms with Crippen molar-refractivity contribution in [3.8, 4) is 0 Å². The number of ether oxygens (including phenoxy) is 1. The van der Waals surface area contributed by atoms with Gasteiger partial charge >= 0.3 is 0 Å². The maximum Gasteiger partial charge on any atom is 0.191 e. The van der Waals surface area contributed by atoms with Gasteiger partial charge in [0.05, 0.1) is 25.4 Å². The molecule has 2 unspecified atom stereocenters. The number of hydrogen-bond donors (Lipinski definition) is 2. The molecular formula is C23H42ClN5O4S2. The van der Waals surface area contributed by atoms with E-state index in [1.54, 1.807) is 11.8 Å². The van der Waals surface area contributed by atoms with E-state index in [1.165, 1.54) is 13.8 Å². The van der Waals surface area contributed by atoms with Crippen molar-refractivity contribution in [1.29, 1.82) is 0 Å². The minimum atomic E-state index is -1.50. The van der Waals surface area contributed by atoms with Crippen LogP contribution in [0.2, 0.25) is 5.15 Å². The van der Waals surface area contributed by atoms with Gasteiger partial charge in [-0.1, -0.05) is 56.3 Å². The average Bonchev–Trinajstić information content (AvgIpc) is 3.44. The zero-order valence-electron chi connectivity index (χ0n) is 21.9. The van der Waals surface area contributed by atoms with E-state index in [2.05, 4.69) is 48.0 Å². The first kappa shape index (κ1) is 30.5. The molecule has 0 spiro atoms. The normalized spacial score (nSPS) is 19.1. The van der Waals surface area contributed by atoms with Gasteiger partial charge in [0.15, 0.2) is 27.3 Å². The monoisotopic (exact) mass is 551 g/mol. The molecule has 1 fully saturated rings. The molecule has 0 radical (unpaired) electrons. The summed E-state index contributed by atoms with van der Waals surface area (Å²) in [7, 11) is -0.923. The zero-order chi connectivity index (χ0) is 26.1. The summed E-state index contributed by atoms with van der Waals surface area (Å²) < 4.78 is 14.3. The third-order valence-corrected chi connectivity index (χ3v) is 10.9. The van der Waals surface area contributed by atoms with Gasteiger partial charge in [-0.25, -0.2) is 14.6 Å². The van der Waals surface area contributed by atoms with Crippen LogP contribution in [0.4, 0.5) is 0 Å². The first-order chi connectivity index (χ1) is 16.6. The van der Waals surface area contributed by atoms with Gasteiger partial charge in [0.25, 0.3) is 0 Å². The molecule has 2 atom stereocenters. The van der Waals surface area contributed by atoms with E-state index in [4.69, 9.17) is 30.7 Å². The van der Waals surface area contributed by atoms with Crippen molar-refractivity contribution in [3.05, 3.63) is 5.15 Å². The molecule has 2 aromatic rings. The van der Waals surface area contributed by atoms with Gasteiger partial charge in [-0.2, -0.15) is 0 Å². The summed E-state index contributed by atoms with van der Waals surface area (Å²) in [6.45, 7) is 12.8. The molecule has 0 amide bonds. The SMILES string of the molecule is CC(C)(O)O.CCCSc1nc(Cl)c2nnn(C3CCC(OCCOS(CC)(CC)CC)C3)c2n1. The van der Waals surface area contributed by atoms with Crippen LogP contribution >= 0.6 is 33.7 Å². The number of nitrogens with zero attached hydrogens (tertiary/aromatic N) is 5. The Morgan fingerprint density at radius 2 is 1.74 bits per heavy atom. The zero-order valence-corrected chi connectivity index (χ0v) is 24.3. The van der Waals surface area contributed by atoms with Crippen molar-refractivity contribution in [2.24, 2.45) is 0 Å². The average molecular weight is 552 g/mol. The largest absolute Gasteiger partial charge is 0.376 e. The molecule has 1 aliphatic carbocycles. The number of aromatic nitrogens is 5. The Kier molecular flexibility index (Phi) is 12.5. The molecule has 12 heteroatoms. The predicted molar refractivity (Wildman–Crippen MR) is 145 cm³/mol. The molecule has 0 saturated heterocycles. The highest BCUT2D eigenvalue weighted by molar-refractivity contribution is 8.29. The lowest BCUT2D eigenvalue weighted by Crippen LogP contribution is -2.18. The Morgan fingerprint density at radius 3 is 2.34 bits per heavy atom. The summed E-state index contributed by atoms with van der Waals surface area (Å²) in [5.74, 6) is 2.82. The lowest BCUT2D eigenvalue weighted by Gasteiger charge is -2.36. The standard InChI is InChI=1S/C20H34ClN5O2S2.C3H8O2/c1-5-13-29-20-22-18(21)17-19(23-20)26(25-24-17)15-9-10-16(14-15)27-11-12-28-30(6-2,7-3)8-4;1-3(2,4)5/h15-16H,5-14H2,1-4H3;4-5H,1-2H3. The molecule has 9 nitrogen and oxygen atoms in total. The van der Waals surface area contributed by atoms with Gasteiger partial charge in [0, 0.05) is 5.75 Å². The van der Waals surface area contributed by atoms with Crippen LogP contribution in [0.25, 0.3) is 11.2 Å². The first-order valence-electron chi connectivity index (χ1n) is 12.4. The maximum absolute atomic E-state index is 8.08. The van der Waals surface area contributed by atoms with Crippen LogP contribution in [0.3, 0.4) is 0 Å². The Hall–Kier alpha value is -0.690. The van der Waals surface area contributed by atoms with Crippen LogP contribution in [0.1, 0.15) is 73.3 Å². The molecular weight excluding hydrogens is 510 g/mol. The lowest BCUT2D eigenvalue weighted by molar-refractivity contribution is -0.127. The summed E-state index contributed by atoms with van der Waals surface area (Å²) in [5.41, 5.74) is 1.30. The van der Waals surface area contributed by atoms with Gasteiger partial charge in [-0.15, -0.1) is 15.4 Å². The van der Waals surface area contributed by atoms with E-state index in [-0.39, 0.29) is 12.1 Å². The second-order valence-electron chi connectivity index (χ2n) is 8.96. The number of hydrogen-bond acceptors (Lipinski definition) is 9. The molecule has 2 heterocycles. The first-order valence-corrected chi connectivity index (χ1v) is 15.9. The van der Waals surface area contributed by atoms with Gasteiger partial charge in [0.1, 0.15) is 0 Å². The van der Waals surface area contributed by atoms with E-state index in [0.717, 1.165) is 54.3 Å². The van der Waals surface area contributed by atoms with Gasteiger partial charge < -0.3 is 19.1 Å². The summed E-state index contributed by atoms with van der Waals surface area (Å²) >= 11 is 7.94. The fourth-order valence-corrected chi connectivity index (χ4v) is 6.95. The smallest absolute Gasteiger partial charge is 0.191 e. The molecule has 202 valence electrons. The van der Waals surface area contributed by atoms with Crippen molar-refractivity contribution in [1.82, 2.24) is 25.0 Å². The van der Waals surface area contributed by atoms with Crippen molar-refractivity contribution in [2.75, 3.05) is 36.2 Å².